The van der Waals surface area contributed by atoms with E-state index in [9.17, 15) is 21.6 Å². The lowest BCUT2D eigenvalue weighted by atomic mass is 10.1. The van der Waals surface area contributed by atoms with Crippen molar-refractivity contribution in [2.75, 3.05) is 24.6 Å². The molecule has 0 saturated carbocycles. The number of hydrogen-bond donors (Lipinski definition) is 1. The van der Waals surface area contributed by atoms with Crippen LogP contribution in [-0.4, -0.2) is 34.2 Å². The second-order valence-corrected chi connectivity index (χ2v) is 6.38. The van der Waals surface area contributed by atoms with Crippen molar-refractivity contribution in [2.45, 2.75) is 24.1 Å². The summed E-state index contributed by atoms with van der Waals surface area (Å²) in [6, 6.07) is 3.04. The third-order valence-electron chi connectivity index (χ3n) is 3.18. The largest absolute Gasteiger partial charge is 0.417 e. The van der Waals surface area contributed by atoms with Crippen LogP contribution in [0.15, 0.2) is 23.1 Å². The fraction of sp³-hybridized carbons (Fsp3) is 0.500. The number of benzene rings is 1. The quantitative estimate of drug-likeness (QED) is 0.896. The molecule has 1 aromatic carbocycles. The van der Waals surface area contributed by atoms with Crippen molar-refractivity contribution in [2.24, 2.45) is 5.14 Å². The maximum atomic E-state index is 13.0. The Morgan fingerprint density at radius 3 is 2.57 bits per heavy atom. The van der Waals surface area contributed by atoms with Crippen molar-refractivity contribution < 1.29 is 26.3 Å². The smallest absolute Gasteiger partial charge is 0.375 e. The topological polar surface area (TPSA) is 72.6 Å². The molecule has 0 spiro atoms. The normalized spacial score (nSPS) is 20.6. The molecule has 1 aliphatic heterocycles. The van der Waals surface area contributed by atoms with E-state index < -0.39 is 26.7 Å². The monoisotopic (exact) mass is 324 g/mol. The highest BCUT2D eigenvalue weighted by Gasteiger charge is 2.37. The molecule has 1 aliphatic rings. The molecule has 9 heteroatoms. The van der Waals surface area contributed by atoms with Gasteiger partial charge in [-0.05, 0) is 25.1 Å². The van der Waals surface area contributed by atoms with Crippen molar-refractivity contribution in [1.82, 2.24) is 0 Å². The molecule has 0 radical (unpaired) electrons. The van der Waals surface area contributed by atoms with Crippen LogP contribution >= 0.6 is 0 Å². The molecule has 1 unspecified atom stereocenters. The van der Waals surface area contributed by atoms with Gasteiger partial charge in [-0.2, -0.15) is 13.2 Å². The number of alkyl halides is 3. The molecule has 1 aromatic rings. The highest BCUT2D eigenvalue weighted by molar-refractivity contribution is 7.89. The van der Waals surface area contributed by atoms with Gasteiger partial charge in [0.05, 0.1) is 23.2 Å². The van der Waals surface area contributed by atoms with Crippen molar-refractivity contribution >= 4 is 15.7 Å². The van der Waals surface area contributed by atoms with Crippen molar-refractivity contribution in [3.63, 3.8) is 0 Å². The minimum Gasteiger partial charge on any atom is -0.375 e. The van der Waals surface area contributed by atoms with Crippen molar-refractivity contribution in [3.8, 4) is 0 Å². The molecule has 0 aromatic heterocycles. The molecule has 1 atom stereocenters. The van der Waals surface area contributed by atoms with Gasteiger partial charge in [-0.3, -0.25) is 0 Å². The van der Waals surface area contributed by atoms with Crippen LogP contribution in [0.4, 0.5) is 18.9 Å². The molecule has 2 rings (SSSR count). The minimum absolute atomic E-state index is 0.106. The van der Waals surface area contributed by atoms with Crippen LogP contribution < -0.4 is 10.0 Å². The van der Waals surface area contributed by atoms with E-state index in [0.29, 0.717) is 25.4 Å². The number of nitrogens with two attached hydrogens (primary N) is 1. The summed E-state index contributed by atoms with van der Waals surface area (Å²) in [4.78, 5) is 0.802. The van der Waals surface area contributed by atoms with E-state index in [4.69, 9.17) is 9.88 Å². The number of halogens is 3. The summed E-state index contributed by atoms with van der Waals surface area (Å²) in [6.45, 7) is 3.09. The summed E-state index contributed by atoms with van der Waals surface area (Å²) in [6.07, 6.45) is -4.90. The van der Waals surface area contributed by atoms with Crippen LogP contribution in [0.5, 0.6) is 0 Å². The second-order valence-electron chi connectivity index (χ2n) is 4.85. The molecule has 1 saturated heterocycles. The van der Waals surface area contributed by atoms with E-state index in [0.717, 1.165) is 12.1 Å². The van der Waals surface area contributed by atoms with E-state index in [2.05, 4.69) is 0 Å². The Hall–Kier alpha value is -1.32. The highest BCUT2D eigenvalue weighted by Crippen LogP contribution is 2.36. The lowest BCUT2D eigenvalue weighted by Gasteiger charge is -2.33. The molecule has 1 heterocycles. The van der Waals surface area contributed by atoms with Crippen molar-refractivity contribution in [1.29, 1.82) is 0 Å². The average molecular weight is 324 g/mol. The molecule has 5 nitrogen and oxygen atoms in total. The first-order valence-corrected chi connectivity index (χ1v) is 7.74. The predicted octanol–water partition coefficient (Wildman–Crippen LogP) is 1.58. The second kappa shape index (κ2) is 5.47. The van der Waals surface area contributed by atoms with Gasteiger partial charge in [-0.15, -0.1) is 0 Å². The number of nitrogens with zero attached hydrogens (tertiary/aromatic N) is 1. The Balaban J connectivity index is 2.47. The van der Waals surface area contributed by atoms with Gasteiger partial charge in [0.25, 0.3) is 0 Å². The zero-order chi connectivity index (χ0) is 15.8. The summed E-state index contributed by atoms with van der Waals surface area (Å²) in [5, 5.41) is 4.84. The van der Waals surface area contributed by atoms with Gasteiger partial charge in [0.2, 0.25) is 10.0 Å². The molecule has 1 fully saturated rings. The average Bonchev–Trinajstić information content (AvgIpc) is 2.36. The molecule has 0 amide bonds. The maximum Gasteiger partial charge on any atom is 0.417 e. The molecule has 0 bridgehead atoms. The number of primary sulfonamides is 1. The Morgan fingerprint density at radius 1 is 1.38 bits per heavy atom. The first-order valence-electron chi connectivity index (χ1n) is 6.19. The van der Waals surface area contributed by atoms with E-state index in [1.54, 1.807) is 4.90 Å². The zero-order valence-electron chi connectivity index (χ0n) is 11.2. The Labute approximate surface area is 120 Å². The highest BCUT2D eigenvalue weighted by atomic mass is 32.2. The Kier molecular flexibility index (Phi) is 4.18. The first kappa shape index (κ1) is 16.1. The number of ether oxygens (including phenoxy) is 1. The number of morpholine rings is 1. The third-order valence-corrected chi connectivity index (χ3v) is 4.15. The zero-order valence-corrected chi connectivity index (χ0v) is 12.0. The number of rotatable bonds is 2. The van der Waals surface area contributed by atoms with E-state index >= 15 is 0 Å². The van der Waals surface area contributed by atoms with Gasteiger partial charge < -0.3 is 9.64 Å². The predicted molar refractivity (Wildman–Crippen MR) is 70.4 cm³/mol. The molecule has 118 valence electrons. The minimum atomic E-state index is -4.80. The van der Waals surface area contributed by atoms with E-state index in [-0.39, 0.29) is 6.10 Å². The molecular weight excluding hydrogens is 309 g/mol. The summed E-state index contributed by atoms with van der Waals surface area (Å²) in [7, 11) is -4.44. The van der Waals surface area contributed by atoms with Crippen LogP contribution in [0.2, 0.25) is 0 Å². The first-order chi connectivity index (χ1) is 9.59. The van der Waals surface area contributed by atoms with Crippen LogP contribution in [-0.2, 0) is 20.9 Å². The van der Waals surface area contributed by atoms with E-state index in [1.165, 1.54) is 6.07 Å². The number of sulfonamides is 1. The summed E-state index contributed by atoms with van der Waals surface area (Å²) >= 11 is 0. The van der Waals surface area contributed by atoms with Crippen LogP contribution in [0.1, 0.15) is 12.5 Å². The maximum absolute atomic E-state index is 13.0. The van der Waals surface area contributed by atoms with Crippen LogP contribution in [0, 0.1) is 0 Å². The van der Waals surface area contributed by atoms with Crippen molar-refractivity contribution in [3.05, 3.63) is 23.8 Å². The fourth-order valence-electron chi connectivity index (χ4n) is 2.24. The van der Waals surface area contributed by atoms with Crippen LogP contribution in [0.3, 0.4) is 0 Å². The Bertz CT molecular complexity index is 631. The van der Waals surface area contributed by atoms with Gasteiger partial charge in [0.15, 0.2) is 0 Å². The van der Waals surface area contributed by atoms with Gasteiger partial charge in [-0.1, -0.05) is 0 Å². The van der Waals surface area contributed by atoms with Gasteiger partial charge in [0, 0.05) is 18.8 Å². The van der Waals surface area contributed by atoms with Gasteiger partial charge in [-0.25, -0.2) is 13.6 Å². The number of anilines is 1. The summed E-state index contributed by atoms with van der Waals surface area (Å²) < 4.78 is 67.0. The van der Waals surface area contributed by atoms with Gasteiger partial charge in [0.1, 0.15) is 0 Å². The molecule has 21 heavy (non-hydrogen) atoms. The standard InChI is InChI=1S/C12H15F3N2O3S/c1-8-7-17(4-5-20-8)9-2-3-11(21(16,18)19)10(6-9)12(13,14)15/h2-3,6,8H,4-5,7H2,1H3,(H2,16,18,19). The van der Waals surface area contributed by atoms with E-state index in [1.807, 2.05) is 6.92 Å². The third kappa shape index (κ3) is 3.66. The summed E-state index contributed by atoms with van der Waals surface area (Å²) in [5.41, 5.74) is -0.952. The fourth-order valence-corrected chi connectivity index (χ4v) is 2.98. The summed E-state index contributed by atoms with van der Waals surface area (Å²) in [5.74, 6) is 0. The van der Waals surface area contributed by atoms with Crippen LogP contribution in [0.25, 0.3) is 0 Å². The molecule has 2 N–H and O–H groups in total. The molecule has 0 aliphatic carbocycles. The Morgan fingerprint density at radius 2 is 2.05 bits per heavy atom. The number of hydrogen-bond acceptors (Lipinski definition) is 4. The SMILES string of the molecule is CC1CN(c2ccc(S(N)(=O)=O)c(C(F)(F)F)c2)CCO1. The lowest BCUT2D eigenvalue weighted by molar-refractivity contribution is -0.139. The van der Waals surface area contributed by atoms with Gasteiger partial charge >= 0.3 is 6.18 Å². The molecular formula is C12H15F3N2O3S. The lowest BCUT2D eigenvalue weighted by Crippen LogP contribution is -2.41.